The lowest BCUT2D eigenvalue weighted by Gasteiger charge is -2.40. The van der Waals surface area contributed by atoms with E-state index in [-0.39, 0.29) is 30.6 Å². The molecule has 236 valence electrons. The van der Waals surface area contributed by atoms with Gasteiger partial charge < -0.3 is 44.9 Å². The summed E-state index contributed by atoms with van der Waals surface area (Å²) in [4.78, 5) is 26.2. The number of amides is 2. The molecule has 2 heterocycles. The number of carbonyl (C=O) groups is 2. The van der Waals surface area contributed by atoms with Crippen LogP contribution in [0.1, 0.15) is 85.5 Å². The van der Waals surface area contributed by atoms with Gasteiger partial charge in [-0.1, -0.05) is 40.5 Å². The third kappa shape index (κ3) is 13.5. The molecule has 2 aliphatic rings. The maximum atomic E-state index is 12.4. The number of unbranched alkanes of at least 4 members (excludes halogenated alkanes) is 4. The number of rotatable bonds is 16. The van der Waals surface area contributed by atoms with E-state index in [0.717, 1.165) is 44.4 Å². The van der Waals surface area contributed by atoms with Gasteiger partial charge >= 0.3 is 0 Å². The number of hydrogen-bond donors (Lipinski definition) is 5. The molecule has 0 bridgehead atoms. The first-order valence-corrected chi connectivity index (χ1v) is 15.0. The van der Waals surface area contributed by atoms with Crippen molar-refractivity contribution >= 4 is 11.8 Å². The fourth-order valence-corrected chi connectivity index (χ4v) is 4.74. The summed E-state index contributed by atoms with van der Waals surface area (Å²) in [7, 11) is 1.62. The monoisotopic (exact) mass is 576 g/mol. The first-order chi connectivity index (χ1) is 19.0. The molecule has 0 saturated carbocycles. The predicted molar refractivity (Wildman–Crippen MR) is 151 cm³/mol. The second kappa shape index (κ2) is 20.5. The van der Waals surface area contributed by atoms with Gasteiger partial charge in [0.2, 0.25) is 11.8 Å². The average molecular weight is 577 g/mol. The molecule has 0 aromatic heterocycles. The summed E-state index contributed by atoms with van der Waals surface area (Å²) >= 11 is 0. The van der Waals surface area contributed by atoms with Crippen molar-refractivity contribution in [2.24, 2.45) is 11.8 Å². The Balaban J connectivity index is 0.00000187. The van der Waals surface area contributed by atoms with Crippen LogP contribution in [0.2, 0.25) is 0 Å². The third-order valence-corrected chi connectivity index (χ3v) is 7.15. The number of likely N-dealkylation sites (tertiary alicyclic amines) is 1. The van der Waals surface area contributed by atoms with Gasteiger partial charge in [0, 0.05) is 45.6 Å². The predicted octanol–water partition coefficient (Wildman–Crippen LogP) is 1.59. The van der Waals surface area contributed by atoms with E-state index in [1.54, 1.807) is 18.9 Å². The van der Waals surface area contributed by atoms with Crippen LogP contribution in [-0.4, -0.2) is 114 Å². The molecule has 5 N–H and O–H groups in total. The number of methoxy groups -OCH3 is 1. The van der Waals surface area contributed by atoms with E-state index in [1.807, 2.05) is 0 Å². The fourth-order valence-electron chi connectivity index (χ4n) is 4.74. The van der Waals surface area contributed by atoms with Gasteiger partial charge in [0.1, 0.15) is 12.2 Å². The lowest BCUT2D eigenvalue weighted by Crippen LogP contribution is -2.55. The Bertz CT molecular complexity index is 692. The normalized spacial score (nSPS) is 28.4. The van der Waals surface area contributed by atoms with Crippen molar-refractivity contribution in [3.63, 3.8) is 0 Å². The Morgan fingerprint density at radius 1 is 0.975 bits per heavy atom. The van der Waals surface area contributed by atoms with E-state index in [1.165, 1.54) is 0 Å². The summed E-state index contributed by atoms with van der Waals surface area (Å²) in [5.41, 5.74) is 0. The number of hydrogen-bond acceptors (Lipinski definition) is 9. The first kappa shape index (κ1) is 36.7. The van der Waals surface area contributed by atoms with Gasteiger partial charge in [-0.25, -0.2) is 0 Å². The van der Waals surface area contributed by atoms with Gasteiger partial charge in [-0.3, -0.25) is 9.59 Å². The summed E-state index contributed by atoms with van der Waals surface area (Å²) in [5, 5.41) is 41.6. The second-order valence-corrected chi connectivity index (χ2v) is 11.6. The lowest BCUT2D eigenvalue weighted by molar-refractivity contribution is -0.282. The van der Waals surface area contributed by atoms with Crippen molar-refractivity contribution < 1.29 is 44.2 Å². The molecule has 11 nitrogen and oxygen atoms in total. The lowest BCUT2D eigenvalue weighted by atomic mass is 9.92. The van der Waals surface area contributed by atoms with Crippen molar-refractivity contribution in [2.45, 2.75) is 122 Å². The molecule has 0 spiro atoms. The molecular formula is C29H56N2O9. The molecule has 2 unspecified atom stereocenters. The molecule has 0 radical (unpaired) electrons. The molecule has 2 rings (SSSR count). The first-order valence-electron chi connectivity index (χ1n) is 15.0. The molecule has 2 saturated heterocycles. The Morgan fingerprint density at radius 3 is 2.25 bits per heavy atom. The van der Waals surface area contributed by atoms with E-state index >= 15 is 0 Å². The minimum absolute atomic E-state index is 0.00703. The maximum Gasteiger partial charge on any atom is 0.222 e. The minimum Gasteiger partial charge on any atom is -0.394 e. The van der Waals surface area contributed by atoms with Crippen LogP contribution < -0.4 is 5.32 Å². The van der Waals surface area contributed by atoms with Crippen molar-refractivity contribution in [1.82, 2.24) is 10.2 Å². The highest BCUT2D eigenvalue weighted by Gasteiger charge is 2.42. The summed E-state index contributed by atoms with van der Waals surface area (Å²) in [6, 6.07) is -0.155. The number of carbonyl (C=O) groups excluding carboxylic acids is 2. The molecule has 2 fully saturated rings. The average Bonchev–Trinajstić information content (AvgIpc) is 3.35. The van der Waals surface area contributed by atoms with Crippen LogP contribution in [0, 0.1) is 11.8 Å². The van der Waals surface area contributed by atoms with Crippen LogP contribution >= 0.6 is 0 Å². The van der Waals surface area contributed by atoms with Crippen molar-refractivity contribution in [1.29, 1.82) is 0 Å². The third-order valence-electron chi connectivity index (χ3n) is 7.15. The Kier molecular flexibility index (Phi) is 18.8. The molecule has 2 amide bonds. The molecule has 11 heteroatoms. The highest BCUT2D eigenvalue weighted by Crippen LogP contribution is 2.27. The van der Waals surface area contributed by atoms with Gasteiger partial charge in [-0.2, -0.15) is 0 Å². The number of nitrogens with zero attached hydrogens (tertiary/aromatic N) is 1. The SMILES string of the molecule is CC(C)C.CO[C@@H]1C[C@@H](CO)N(C(=O)CCCCCNC(=O)CCCCCO[C@@H]2OC(CO)[C@H](O)[C@H](O)C2C)C1. The number of aliphatic hydroxyl groups is 4. The highest BCUT2D eigenvalue weighted by molar-refractivity contribution is 5.77. The molecule has 7 atom stereocenters. The van der Waals surface area contributed by atoms with Crippen LogP contribution in [0.3, 0.4) is 0 Å². The van der Waals surface area contributed by atoms with E-state index < -0.39 is 37.1 Å². The largest absolute Gasteiger partial charge is 0.394 e. The smallest absolute Gasteiger partial charge is 0.222 e. The molecule has 0 aromatic carbocycles. The van der Waals surface area contributed by atoms with Gasteiger partial charge in [-0.15, -0.1) is 0 Å². The van der Waals surface area contributed by atoms with Crippen molar-refractivity contribution in [3.05, 3.63) is 0 Å². The van der Waals surface area contributed by atoms with Gasteiger partial charge in [0.05, 0.1) is 31.5 Å². The van der Waals surface area contributed by atoms with Crippen LogP contribution in [0.4, 0.5) is 0 Å². The summed E-state index contributed by atoms with van der Waals surface area (Å²) < 4.78 is 16.5. The zero-order valence-corrected chi connectivity index (χ0v) is 25.3. The Labute approximate surface area is 240 Å². The van der Waals surface area contributed by atoms with Crippen molar-refractivity contribution in [2.75, 3.05) is 40.0 Å². The second-order valence-electron chi connectivity index (χ2n) is 11.6. The summed E-state index contributed by atoms with van der Waals surface area (Å²) in [6.07, 6.45) is 2.51. The van der Waals surface area contributed by atoms with Crippen LogP contribution in [-0.2, 0) is 23.8 Å². The zero-order chi connectivity index (χ0) is 30.1. The van der Waals surface area contributed by atoms with Crippen LogP contribution in [0.25, 0.3) is 0 Å². The fraction of sp³-hybridized carbons (Fsp3) is 0.931. The summed E-state index contributed by atoms with van der Waals surface area (Å²) in [5.74, 6) is 0.480. The number of aliphatic hydroxyl groups excluding tert-OH is 4. The van der Waals surface area contributed by atoms with Gasteiger partial charge in [0.15, 0.2) is 6.29 Å². The molecule has 0 aromatic rings. The Hall–Kier alpha value is -1.34. The van der Waals surface area contributed by atoms with Crippen LogP contribution in [0.5, 0.6) is 0 Å². The van der Waals surface area contributed by atoms with E-state index in [0.29, 0.717) is 39.0 Å². The standard InChI is InChI=1S/C25H46N2O9.C4H10/c1-17-23(32)24(33)20(16-29)36-25(17)35-12-8-4-5-9-21(30)26-11-7-3-6-10-22(31)27-14-19(34-2)13-18(27)15-28;1-4(2)3/h17-20,23-25,28-29,32-33H,3-16H2,1-2H3,(H,26,30);4H,1-3H3/t17?,18-,19+,20?,23+,24-,25+;/m0./s1. The highest BCUT2D eigenvalue weighted by atomic mass is 16.7. The number of nitrogens with one attached hydrogen (secondary N) is 1. The zero-order valence-electron chi connectivity index (χ0n) is 25.3. The van der Waals surface area contributed by atoms with Gasteiger partial charge in [0.25, 0.3) is 0 Å². The summed E-state index contributed by atoms with van der Waals surface area (Å²) in [6.45, 7) is 9.32. The van der Waals surface area contributed by atoms with Crippen LogP contribution in [0.15, 0.2) is 0 Å². The molecule has 0 aliphatic carbocycles. The molecule has 2 aliphatic heterocycles. The van der Waals surface area contributed by atoms with E-state index in [9.17, 15) is 30.0 Å². The minimum atomic E-state index is -1.13. The Morgan fingerprint density at radius 2 is 1.62 bits per heavy atom. The van der Waals surface area contributed by atoms with Gasteiger partial charge in [-0.05, 0) is 38.0 Å². The van der Waals surface area contributed by atoms with E-state index in [2.05, 4.69) is 26.1 Å². The topological polar surface area (TPSA) is 158 Å². The number of ether oxygens (including phenoxy) is 3. The quantitative estimate of drug-likeness (QED) is 0.172. The molecular weight excluding hydrogens is 520 g/mol. The van der Waals surface area contributed by atoms with E-state index in [4.69, 9.17) is 14.2 Å². The maximum absolute atomic E-state index is 12.4. The van der Waals surface area contributed by atoms with Crippen molar-refractivity contribution in [3.8, 4) is 0 Å². The molecule has 40 heavy (non-hydrogen) atoms.